The highest BCUT2D eigenvalue weighted by Gasteiger charge is 2.28. The van der Waals surface area contributed by atoms with Gasteiger partial charge >= 0.3 is 10.2 Å². The number of aryl methyl sites for hydroxylation is 4. The normalized spacial score (nSPS) is 11.5. The van der Waals surface area contributed by atoms with Crippen LogP contribution < -0.4 is 9.62 Å². The summed E-state index contributed by atoms with van der Waals surface area (Å²) in [5.41, 5.74) is 4.69. The summed E-state index contributed by atoms with van der Waals surface area (Å²) in [6, 6.07) is 13.9. The maximum Gasteiger partial charge on any atom is 0.304 e. The van der Waals surface area contributed by atoms with Crippen molar-refractivity contribution < 1.29 is 13.2 Å². The van der Waals surface area contributed by atoms with E-state index < -0.39 is 10.2 Å². The van der Waals surface area contributed by atoms with E-state index in [1.807, 2.05) is 32.9 Å². The van der Waals surface area contributed by atoms with Gasteiger partial charge in [-0.3, -0.25) is 4.79 Å². The molecule has 2 aromatic carbocycles. The van der Waals surface area contributed by atoms with Crippen molar-refractivity contribution in [1.29, 1.82) is 0 Å². The fraction of sp³-hybridized carbons (Fsp3) is 0.409. The average molecular weight is 418 g/mol. The fourth-order valence-electron chi connectivity index (χ4n) is 2.94. The molecule has 0 aliphatic rings. The Hall–Kier alpha value is -2.38. The Labute approximate surface area is 174 Å². The minimum Gasteiger partial charge on any atom is -0.355 e. The minimum atomic E-state index is -3.80. The Balaban J connectivity index is 2.03. The second-order valence-corrected chi connectivity index (χ2v) is 9.59. The largest absolute Gasteiger partial charge is 0.355 e. The van der Waals surface area contributed by atoms with Gasteiger partial charge < -0.3 is 5.32 Å². The van der Waals surface area contributed by atoms with Crippen LogP contribution in [0.5, 0.6) is 0 Å². The second kappa shape index (κ2) is 9.89. The molecule has 158 valence electrons. The molecular formula is C22H31N3O3S. The smallest absolute Gasteiger partial charge is 0.304 e. The molecule has 7 heteroatoms. The number of carbonyl (C=O) groups excluding carboxylic acids is 1. The summed E-state index contributed by atoms with van der Waals surface area (Å²) in [6.07, 6.45) is 1.65. The SMILES string of the molecule is Cc1ccc(CCCNC(=O)CN(c2cc(C)ccc2C)S(=O)(=O)N(C)C)cc1. The summed E-state index contributed by atoms with van der Waals surface area (Å²) >= 11 is 0. The monoisotopic (exact) mass is 417 g/mol. The Bertz CT molecular complexity index is 938. The van der Waals surface area contributed by atoms with E-state index in [-0.39, 0.29) is 12.5 Å². The summed E-state index contributed by atoms with van der Waals surface area (Å²) < 4.78 is 28.0. The van der Waals surface area contributed by atoms with Gasteiger partial charge in [0.25, 0.3) is 0 Å². The van der Waals surface area contributed by atoms with Crippen LogP contribution in [0.25, 0.3) is 0 Å². The van der Waals surface area contributed by atoms with E-state index in [1.54, 1.807) is 6.07 Å². The first kappa shape index (κ1) is 22.9. The molecule has 0 bridgehead atoms. The van der Waals surface area contributed by atoms with Crippen molar-refractivity contribution in [3.8, 4) is 0 Å². The molecule has 2 aromatic rings. The number of nitrogens with zero attached hydrogens (tertiary/aromatic N) is 2. The lowest BCUT2D eigenvalue weighted by Crippen LogP contribution is -2.46. The number of nitrogens with one attached hydrogen (secondary N) is 1. The first-order valence-corrected chi connectivity index (χ1v) is 11.1. The highest BCUT2D eigenvalue weighted by Crippen LogP contribution is 2.25. The molecular weight excluding hydrogens is 386 g/mol. The third-order valence-electron chi connectivity index (χ3n) is 4.75. The predicted molar refractivity (Wildman–Crippen MR) is 118 cm³/mol. The van der Waals surface area contributed by atoms with Crippen molar-refractivity contribution in [1.82, 2.24) is 9.62 Å². The van der Waals surface area contributed by atoms with Gasteiger partial charge in [0.2, 0.25) is 5.91 Å². The van der Waals surface area contributed by atoms with Gasteiger partial charge in [-0.15, -0.1) is 0 Å². The molecule has 0 aliphatic carbocycles. The summed E-state index contributed by atoms with van der Waals surface area (Å²) in [5, 5.41) is 2.85. The molecule has 0 unspecified atom stereocenters. The molecule has 0 saturated carbocycles. The summed E-state index contributed by atoms with van der Waals surface area (Å²) in [6.45, 7) is 6.03. The molecule has 0 aromatic heterocycles. The third kappa shape index (κ3) is 6.30. The number of hydrogen-bond donors (Lipinski definition) is 1. The van der Waals surface area contributed by atoms with E-state index in [0.717, 1.165) is 28.3 Å². The van der Waals surface area contributed by atoms with E-state index in [4.69, 9.17) is 0 Å². The molecule has 6 nitrogen and oxygen atoms in total. The van der Waals surface area contributed by atoms with Gasteiger partial charge in [-0.2, -0.15) is 12.7 Å². The van der Waals surface area contributed by atoms with Crippen molar-refractivity contribution >= 4 is 21.8 Å². The number of benzene rings is 2. The van der Waals surface area contributed by atoms with Crippen molar-refractivity contribution in [2.75, 3.05) is 31.5 Å². The molecule has 1 N–H and O–H groups in total. The lowest BCUT2D eigenvalue weighted by molar-refractivity contribution is -0.119. The standard InChI is InChI=1S/C22H31N3O3S/c1-17-9-12-20(13-10-17)7-6-14-23-22(26)16-25(29(27,28)24(4)5)21-15-18(2)8-11-19(21)3/h8-13,15H,6-7,14,16H2,1-5H3,(H,23,26). The minimum absolute atomic E-state index is 0.255. The third-order valence-corrected chi connectivity index (χ3v) is 6.55. The van der Waals surface area contributed by atoms with Crippen LogP contribution >= 0.6 is 0 Å². The first-order valence-electron chi connectivity index (χ1n) is 9.71. The molecule has 29 heavy (non-hydrogen) atoms. The van der Waals surface area contributed by atoms with Gasteiger partial charge in [-0.05, 0) is 56.4 Å². The summed E-state index contributed by atoms with van der Waals surface area (Å²) in [4.78, 5) is 12.5. The molecule has 0 heterocycles. The van der Waals surface area contributed by atoms with Crippen LogP contribution in [0.3, 0.4) is 0 Å². The van der Waals surface area contributed by atoms with E-state index in [0.29, 0.717) is 12.2 Å². The van der Waals surface area contributed by atoms with Crippen LogP contribution in [0.2, 0.25) is 0 Å². The number of amides is 1. The molecule has 0 fully saturated rings. The van der Waals surface area contributed by atoms with Gasteiger partial charge in [0, 0.05) is 20.6 Å². The van der Waals surface area contributed by atoms with Crippen LogP contribution in [-0.4, -0.2) is 45.8 Å². The number of anilines is 1. The van der Waals surface area contributed by atoms with Crippen LogP contribution in [0.1, 0.15) is 28.7 Å². The molecule has 0 radical (unpaired) electrons. The lowest BCUT2D eigenvalue weighted by atomic mass is 10.1. The zero-order chi connectivity index (χ0) is 21.6. The fourth-order valence-corrected chi connectivity index (χ4v) is 4.06. The van der Waals surface area contributed by atoms with Crippen molar-refractivity contribution in [3.63, 3.8) is 0 Å². The quantitative estimate of drug-likeness (QED) is 0.638. The molecule has 0 atom stereocenters. The van der Waals surface area contributed by atoms with Gasteiger partial charge in [0.05, 0.1) is 5.69 Å². The van der Waals surface area contributed by atoms with Crippen molar-refractivity contribution in [3.05, 3.63) is 64.7 Å². The Morgan fingerprint density at radius 3 is 2.21 bits per heavy atom. The van der Waals surface area contributed by atoms with Crippen LogP contribution in [0.4, 0.5) is 5.69 Å². The van der Waals surface area contributed by atoms with E-state index in [2.05, 4.69) is 29.6 Å². The Morgan fingerprint density at radius 2 is 1.59 bits per heavy atom. The zero-order valence-corrected chi connectivity index (χ0v) is 18.7. The Kier molecular flexibility index (Phi) is 7.81. The van der Waals surface area contributed by atoms with Crippen molar-refractivity contribution in [2.24, 2.45) is 0 Å². The summed E-state index contributed by atoms with van der Waals surface area (Å²) in [5.74, 6) is -0.319. The van der Waals surface area contributed by atoms with E-state index >= 15 is 0 Å². The van der Waals surface area contributed by atoms with Gasteiger partial charge in [0.15, 0.2) is 0 Å². The molecule has 2 rings (SSSR count). The van der Waals surface area contributed by atoms with Crippen LogP contribution in [-0.2, 0) is 21.4 Å². The van der Waals surface area contributed by atoms with Gasteiger partial charge in [-0.25, -0.2) is 4.31 Å². The second-order valence-electron chi connectivity index (χ2n) is 7.53. The molecule has 0 saturated heterocycles. The van der Waals surface area contributed by atoms with Gasteiger partial charge in [-0.1, -0.05) is 42.0 Å². The van der Waals surface area contributed by atoms with E-state index in [9.17, 15) is 13.2 Å². The van der Waals surface area contributed by atoms with Crippen LogP contribution in [0.15, 0.2) is 42.5 Å². The zero-order valence-electron chi connectivity index (χ0n) is 17.9. The highest BCUT2D eigenvalue weighted by atomic mass is 32.2. The average Bonchev–Trinajstić information content (AvgIpc) is 2.66. The lowest BCUT2D eigenvalue weighted by Gasteiger charge is -2.28. The van der Waals surface area contributed by atoms with Crippen molar-refractivity contribution in [2.45, 2.75) is 33.6 Å². The number of carbonyl (C=O) groups is 1. The van der Waals surface area contributed by atoms with Gasteiger partial charge in [0.1, 0.15) is 6.54 Å². The molecule has 0 spiro atoms. The highest BCUT2D eigenvalue weighted by molar-refractivity contribution is 7.90. The first-order chi connectivity index (χ1) is 13.6. The van der Waals surface area contributed by atoms with Crippen LogP contribution in [0, 0.1) is 20.8 Å². The number of hydrogen-bond acceptors (Lipinski definition) is 3. The van der Waals surface area contributed by atoms with E-state index in [1.165, 1.54) is 29.5 Å². The molecule has 0 aliphatic heterocycles. The topological polar surface area (TPSA) is 69.7 Å². The maximum atomic E-state index is 12.8. The Morgan fingerprint density at radius 1 is 0.966 bits per heavy atom. The summed E-state index contributed by atoms with van der Waals surface area (Å²) in [7, 11) is -0.868. The number of rotatable bonds is 9. The molecule has 1 amide bonds. The predicted octanol–water partition coefficient (Wildman–Crippen LogP) is 2.97. The maximum absolute atomic E-state index is 12.8.